The predicted molar refractivity (Wildman–Crippen MR) is 118 cm³/mol. The number of aryl methyl sites for hydroxylation is 1. The topological polar surface area (TPSA) is 76.5 Å². The summed E-state index contributed by atoms with van der Waals surface area (Å²) in [6.45, 7) is 1.26. The van der Waals surface area contributed by atoms with E-state index in [0.717, 1.165) is 22.4 Å². The first kappa shape index (κ1) is 20.7. The van der Waals surface area contributed by atoms with Crippen molar-refractivity contribution >= 4 is 11.8 Å². The lowest BCUT2D eigenvalue weighted by molar-refractivity contribution is -0.124. The van der Waals surface area contributed by atoms with Gasteiger partial charge in [0.25, 0.3) is 5.91 Å². The normalized spacial score (nSPS) is 16.5. The highest BCUT2D eigenvalue weighted by atomic mass is 16.5. The quantitative estimate of drug-likeness (QED) is 0.691. The van der Waals surface area contributed by atoms with Crippen LogP contribution in [0, 0.1) is 5.92 Å². The molecule has 1 atom stereocenters. The molecular weight excluding hydrogens is 392 g/mol. The van der Waals surface area contributed by atoms with E-state index in [1.54, 1.807) is 36.0 Å². The first-order valence-electron chi connectivity index (χ1n) is 10.3. The van der Waals surface area contributed by atoms with Gasteiger partial charge in [-0.2, -0.15) is 0 Å². The first-order valence-corrected chi connectivity index (χ1v) is 10.3. The molecule has 2 amide bonds. The Morgan fingerprint density at radius 1 is 1.19 bits per heavy atom. The number of carbonyl (C=O) groups excluding carboxylic acids is 2. The molecule has 0 radical (unpaired) electrons. The van der Waals surface area contributed by atoms with E-state index in [2.05, 4.69) is 16.4 Å². The number of aromatic nitrogens is 2. The third-order valence-electron chi connectivity index (χ3n) is 5.68. The molecule has 1 aliphatic heterocycles. The Hall–Kier alpha value is -3.61. The van der Waals surface area contributed by atoms with Crippen LogP contribution >= 0.6 is 0 Å². The van der Waals surface area contributed by atoms with Crippen molar-refractivity contribution in [2.75, 3.05) is 26.7 Å². The van der Waals surface area contributed by atoms with Gasteiger partial charge >= 0.3 is 0 Å². The van der Waals surface area contributed by atoms with Gasteiger partial charge in [0.15, 0.2) is 5.82 Å². The summed E-state index contributed by atoms with van der Waals surface area (Å²) in [5.41, 5.74) is 3.20. The van der Waals surface area contributed by atoms with Gasteiger partial charge in [-0.1, -0.05) is 36.4 Å². The third kappa shape index (κ3) is 4.45. The number of rotatable bonds is 5. The van der Waals surface area contributed by atoms with Crippen molar-refractivity contribution in [2.45, 2.75) is 6.42 Å². The Balaban J connectivity index is 1.58. The van der Waals surface area contributed by atoms with E-state index >= 15 is 0 Å². The van der Waals surface area contributed by atoms with E-state index in [1.165, 1.54) is 0 Å². The Bertz CT molecular complexity index is 1070. The van der Waals surface area contributed by atoms with Crippen LogP contribution in [0.4, 0.5) is 0 Å². The summed E-state index contributed by atoms with van der Waals surface area (Å²) < 4.78 is 6.97. The maximum atomic E-state index is 13.0. The van der Waals surface area contributed by atoms with Gasteiger partial charge in [-0.15, -0.1) is 0 Å². The number of ether oxygens (including phenoxy) is 1. The fraction of sp³-hybridized carbons (Fsp3) is 0.292. The molecule has 2 aromatic carbocycles. The maximum Gasteiger partial charge on any atom is 0.289 e. The molecule has 1 aliphatic rings. The molecule has 1 saturated heterocycles. The van der Waals surface area contributed by atoms with E-state index < -0.39 is 0 Å². The molecule has 7 nitrogen and oxygen atoms in total. The fourth-order valence-corrected chi connectivity index (χ4v) is 3.97. The lowest BCUT2D eigenvalue weighted by Gasteiger charge is -2.23. The van der Waals surface area contributed by atoms with Crippen LogP contribution in [0.5, 0.6) is 5.75 Å². The van der Waals surface area contributed by atoms with Gasteiger partial charge < -0.3 is 19.5 Å². The molecule has 0 spiro atoms. The summed E-state index contributed by atoms with van der Waals surface area (Å²) in [6, 6.07) is 16.0. The predicted octanol–water partition coefficient (Wildman–Crippen LogP) is 2.53. The second-order valence-corrected chi connectivity index (χ2v) is 7.69. The highest BCUT2D eigenvalue weighted by Gasteiger charge is 2.30. The lowest BCUT2D eigenvalue weighted by Crippen LogP contribution is -2.38. The minimum atomic E-state index is -0.342. The molecule has 1 N–H and O–H groups in total. The van der Waals surface area contributed by atoms with Crippen LogP contribution in [0.15, 0.2) is 60.9 Å². The molecule has 0 aliphatic carbocycles. The number of carbonyl (C=O) groups is 2. The Morgan fingerprint density at radius 3 is 2.68 bits per heavy atom. The zero-order valence-corrected chi connectivity index (χ0v) is 17.7. The van der Waals surface area contributed by atoms with Crippen molar-refractivity contribution in [2.24, 2.45) is 13.0 Å². The van der Waals surface area contributed by atoms with Gasteiger partial charge in [-0.3, -0.25) is 9.59 Å². The highest BCUT2D eigenvalue weighted by molar-refractivity contribution is 5.91. The maximum absolute atomic E-state index is 13.0. The molecule has 7 heteroatoms. The van der Waals surface area contributed by atoms with Crippen molar-refractivity contribution < 1.29 is 14.3 Å². The first-order chi connectivity index (χ1) is 15.1. The second kappa shape index (κ2) is 9.04. The van der Waals surface area contributed by atoms with E-state index in [9.17, 15) is 9.59 Å². The summed E-state index contributed by atoms with van der Waals surface area (Å²) in [4.78, 5) is 31.7. The highest BCUT2D eigenvalue weighted by Crippen LogP contribution is 2.28. The Labute approximate surface area is 181 Å². The van der Waals surface area contributed by atoms with Crippen molar-refractivity contribution in [3.05, 3.63) is 72.3 Å². The number of amides is 2. The van der Waals surface area contributed by atoms with E-state index in [-0.39, 0.29) is 17.7 Å². The van der Waals surface area contributed by atoms with Gasteiger partial charge in [-0.05, 0) is 35.2 Å². The molecule has 2 heterocycles. The number of hydrogen-bond donors (Lipinski definition) is 1. The van der Waals surface area contributed by atoms with Gasteiger partial charge in [0, 0.05) is 39.1 Å². The zero-order chi connectivity index (χ0) is 21.8. The molecule has 160 valence electrons. The van der Waals surface area contributed by atoms with Crippen molar-refractivity contribution in [3.8, 4) is 16.9 Å². The van der Waals surface area contributed by atoms with Crippen molar-refractivity contribution in [1.82, 2.24) is 19.8 Å². The Morgan fingerprint density at radius 2 is 1.97 bits per heavy atom. The minimum absolute atomic E-state index is 0.0281. The molecule has 3 aromatic rings. The van der Waals surface area contributed by atoms with Gasteiger partial charge in [0.1, 0.15) is 5.75 Å². The number of imidazole rings is 1. The smallest absolute Gasteiger partial charge is 0.289 e. The van der Waals surface area contributed by atoms with Crippen LogP contribution in [-0.2, 0) is 18.3 Å². The van der Waals surface area contributed by atoms with Crippen LogP contribution < -0.4 is 10.1 Å². The number of hydrogen-bond acceptors (Lipinski definition) is 4. The van der Waals surface area contributed by atoms with Crippen LogP contribution in [0.3, 0.4) is 0 Å². The SMILES string of the molecule is COc1ccc(-c2ccccc2C[C@H]2CN(C(=O)c3nccn3C)CCNC2=O)cc1. The average molecular weight is 418 g/mol. The third-order valence-corrected chi connectivity index (χ3v) is 5.68. The zero-order valence-electron chi connectivity index (χ0n) is 17.7. The molecule has 4 rings (SSSR count). The molecule has 0 saturated carbocycles. The minimum Gasteiger partial charge on any atom is -0.497 e. The summed E-state index contributed by atoms with van der Waals surface area (Å²) in [7, 11) is 3.44. The molecule has 0 bridgehead atoms. The van der Waals surface area contributed by atoms with E-state index in [1.807, 2.05) is 42.5 Å². The summed E-state index contributed by atoms with van der Waals surface area (Å²) in [5, 5.41) is 2.96. The largest absolute Gasteiger partial charge is 0.497 e. The summed E-state index contributed by atoms with van der Waals surface area (Å²) in [5.74, 6) is 0.655. The molecular formula is C24H26N4O3. The summed E-state index contributed by atoms with van der Waals surface area (Å²) >= 11 is 0. The van der Waals surface area contributed by atoms with Crippen LogP contribution in [0.1, 0.15) is 16.2 Å². The van der Waals surface area contributed by atoms with Crippen molar-refractivity contribution in [3.63, 3.8) is 0 Å². The lowest BCUT2D eigenvalue weighted by atomic mass is 9.91. The second-order valence-electron chi connectivity index (χ2n) is 7.69. The number of benzene rings is 2. The fourth-order valence-electron chi connectivity index (χ4n) is 3.97. The number of nitrogens with one attached hydrogen (secondary N) is 1. The standard InChI is InChI=1S/C24H26N4O3/c1-27-13-11-25-22(27)24(30)28-14-12-26-23(29)19(16-28)15-18-5-3-4-6-21(18)17-7-9-20(31-2)10-8-17/h3-11,13,19H,12,14-16H2,1-2H3,(H,26,29)/t19-/m0/s1. The monoisotopic (exact) mass is 418 g/mol. The van der Waals surface area contributed by atoms with Crippen LogP contribution in [-0.4, -0.2) is 53.0 Å². The number of nitrogens with zero attached hydrogens (tertiary/aromatic N) is 3. The molecule has 1 aromatic heterocycles. The van der Waals surface area contributed by atoms with Gasteiger partial charge in [0.2, 0.25) is 5.91 Å². The molecule has 31 heavy (non-hydrogen) atoms. The number of methoxy groups -OCH3 is 1. The van der Waals surface area contributed by atoms with Gasteiger partial charge in [0.05, 0.1) is 13.0 Å². The molecule has 1 fully saturated rings. The Kier molecular flexibility index (Phi) is 6.02. The molecule has 0 unspecified atom stereocenters. The van der Waals surface area contributed by atoms with E-state index in [4.69, 9.17) is 4.74 Å². The van der Waals surface area contributed by atoms with Crippen molar-refractivity contribution in [1.29, 1.82) is 0 Å². The summed E-state index contributed by atoms with van der Waals surface area (Å²) in [6.07, 6.45) is 3.90. The van der Waals surface area contributed by atoms with Gasteiger partial charge in [-0.25, -0.2) is 4.98 Å². The van der Waals surface area contributed by atoms with Crippen LogP contribution in [0.25, 0.3) is 11.1 Å². The van der Waals surface area contributed by atoms with Crippen LogP contribution in [0.2, 0.25) is 0 Å². The van der Waals surface area contributed by atoms with E-state index in [0.29, 0.717) is 31.9 Å². The average Bonchev–Trinajstić information content (AvgIpc) is 3.14.